The van der Waals surface area contributed by atoms with Gasteiger partial charge < -0.3 is 9.47 Å². The maximum absolute atomic E-state index is 11.9. The normalized spacial score (nSPS) is 10.1. The summed E-state index contributed by atoms with van der Waals surface area (Å²) in [6.45, 7) is 0. The molecule has 0 atom stereocenters. The molecule has 0 saturated heterocycles. The SMILES string of the molecule is COc1cc(C(=O)CCCCl)c(OC)cc1Cl. The predicted octanol–water partition coefficient (Wildman–Crippen LogP) is 3.56. The minimum atomic E-state index is -0.0301. The molecule has 1 rings (SSSR count). The van der Waals surface area contributed by atoms with Crippen LogP contribution < -0.4 is 9.47 Å². The molecule has 0 N–H and O–H groups in total. The van der Waals surface area contributed by atoms with Gasteiger partial charge in [-0.15, -0.1) is 11.6 Å². The van der Waals surface area contributed by atoms with Crippen molar-refractivity contribution in [2.24, 2.45) is 0 Å². The summed E-state index contributed by atoms with van der Waals surface area (Å²) < 4.78 is 10.2. The Morgan fingerprint density at radius 3 is 2.41 bits per heavy atom. The van der Waals surface area contributed by atoms with Crippen LogP contribution in [0.5, 0.6) is 11.5 Å². The van der Waals surface area contributed by atoms with Gasteiger partial charge in [0.15, 0.2) is 5.78 Å². The van der Waals surface area contributed by atoms with E-state index in [-0.39, 0.29) is 5.78 Å². The smallest absolute Gasteiger partial charge is 0.166 e. The van der Waals surface area contributed by atoms with Crippen LogP contribution in [0.4, 0.5) is 0 Å². The second-order valence-electron chi connectivity index (χ2n) is 3.40. The van der Waals surface area contributed by atoms with E-state index < -0.39 is 0 Å². The number of hydrogen-bond acceptors (Lipinski definition) is 3. The van der Waals surface area contributed by atoms with Gasteiger partial charge in [0.05, 0.1) is 24.8 Å². The number of carbonyl (C=O) groups excluding carboxylic acids is 1. The number of ketones is 1. The molecule has 0 aromatic heterocycles. The molecule has 5 heteroatoms. The van der Waals surface area contributed by atoms with Crippen molar-refractivity contribution in [3.8, 4) is 11.5 Å². The van der Waals surface area contributed by atoms with E-state index >= 15 is 0 Å². The number of Topliss-reactive ketones (excluding diaryl/α,β-unsaturated/α-hetero) is 1. The van der Waals surface area contributed by atoms with Gasteiger partial charge in [0.25, 0.3) is 0 Å². The fourth-order valence-electron chi connectivity index (χ4n) is 1.44. The first-order valence-electron chi connectivity index (χ1n) is 5.14. The Hall–Kier alpha value is -0.930. The Balaban J connectivity index is 3.07. The standard InChI is InChI=1S/C12H14Cl2O3/c1-16-11-7-9(14)12(17-2)6-8(11)10(15)4-3-5-13/h6-7H,3-5H2,1-2H3. The average Bonchev–Trinajstić information content (AvgIpc) is 2.35. The van der Waals surface area contributed by atoms with Crippen LogP contribution in [-0.2, 0) is 0 Å². The lowest BCUT2D eigenvalue weighted by molar-refractivity contribution is 0.0978. The number of halogens is 2. The topological polar surface area (TPSA) is 35.5 Å². The van der Waals surface area contributed by atoms with E-state index in [1.54, 1.807) is 12.1 Å². The molecule has 94 valence electrons. The molecular weight excluding hydrogens is 263 g/mol. The fourth-order valence-corrected chi connectivity index (χ4v) is 1.80. The van der Waals surface area contributed by atoms with E-state index in [9.17, 15) is 4.79 Å². The Morgan fingerprint density at radius 1 is 1.24 bits per heavy atom. The van der Waals surface area contributed by atoms with Gasteiger partial charge in [-0.25, -0.2) is 0 Å². The molecule has 0 aliphatic heterocycles. The van der Waals surface area contributed by atoms with Crippen LogP contribution in [-0.4, -0.2) is 25.9 Å². The summed E-state index contributed by atoms with van der Waals surface area (Å²) in [6, 6.07) is 3.17. The van der Waals surface area contributed by atoms with Crippen LogP contribution in [0.15, 0.2) is 12.1 Å². The zero-order valence-corrected chi connectivity index (χ0v) is 11.3. The van der Waals surface area contributed by atoms with Gasteiger partial charge in [0.2, 0.25) is 0 Å². The summed E-state index contributed by atoms with van der Waals surface area (Å²) in [5, 5.41) is 0.415. The summed E-state index contributed by atoms with van der Waals surface area (Å²) in [5.74, 6) is 1.34. The Kier molecular flexibility index (Phi) is 5.59. The molecule has 0 unspecified atom stereocenters. The highest BCUT2D eigenvalue weighted by Crippen LogP contribution is 2.33. The van der Waals surface area contributed by atoms with Gasteiger partial charge in [0, 0.05) is 18.4 Å². The van der Waals surface area contributed by atoms with Gasteiger partial charge in [-0.3, -0.25) is 4.79 Å². The molecule has 1 aromatic rings. The lowest BCUT2D eigenvalue weighted by atomic mass is 10.1. The Bertz CT molecular complexity index is 405. The van der Waals surface area contributed by atoms with Crippen LogP contribution in [0.2, 0.25) is 5.02 Å². The first kappa shape index (κ1) is 14.1. The molecule has 1 aromatic carbocycles. The van der Waals surface area contributed by atoms with Crippen LogP contribution in [0.25, 0.3) is 0 Å². The molecule has 0 spiro atoms. The lowest BCUT2D eigenvalue weighted by Crippen LogP contribution is -2.03. The first-order valence-corrected chi connectivity index (χ1v) is 6.06. The highest BCUT2D eigenvalue weighted by atomic mass is 35.5. The molecular formula is C12H14Cl2O3. The zero-order chi connectivity index (χ0) is 12.8. The average molecular weight is 277 g/mol. The van der Waals surface area contributed by atoms with E-state index in [2.05, 4.69) is 0 Å². The largest absolute Gasteiger partial charge is 0.496 e. The first-order chi connectivity index (χ1) is 8.13. The highest BCUT2D eigenvalue weighted by molar-refractivity contribution is 6.32. The maximum atomic E-state index is 11.9. The number of alkyl halides is 1. The molecule has 0 aliphatic rings. The highest BCUT2D eigenvalue weighted by Gasteiger charge is 2.15. The van der Waals surface area contributed by atoms with E-state index in [0.717, 1.165) is 0 Å². The second kappa shape index (κ2) is 6.72. The summed E-state index contributed by atoms with van der Waals surface area (Å²) in [7, 11) is 3.00. The minimum absolute atomic E-state index is 0.0301. The van der Waals surface area contributed by atoms with Crippen molar-refractivity contribution in [1.29, 1.82) is 0 Å². The van der Waals surface area contributed by atoms with Gasteiger partial charge in [-0.05, 0) is 12.5 Å². The molecule has 0 aliphatic carbocycles. The minimum Gasteiger partial charge on any atom is -0.496 e. The quantitative estimate of drug-likeness (QED) is 0.589. The van der Waals surface area contributed by atoms with Crippen LogP contribution in [0, 0.1) is 0 Å². The Labute approximate surface area is 111 Å². The summed E-state index contributed by atoms with van der Waals surface area (Å²) in [6.07, 6.45) is 1.01. The van der Waals surface area contributed by atoms with Crippen molar-refractivity contribution in [2.45, 2.75) is 12.8 Å². The van der Waals surface area contributed by atoms with Gasteiger partial charge in [-0.2, -0.15) is 0 Å². The van der Waals surface area contributed by atoms with Crippen molar-refractivity contribution in [1.82, 2.24) is 0 Å². The van der Waals surface area contributed by atoms with Gasteiger partial charge in [-0.1, -0.05) is 11.6 Å². The fraction of sp³-hybridized carbons (Fsp3) is 0.417. The van der Waals surface area contributed by atoms with Crippen LogP contribution >= 0.6 is 23.2 Å². The van der Waals surface area contributed by atoms with Crippen molar-refractivity contribution in [2.75, 3.05) is 20.1 Å². The van der Waals surface area contributed by atoms with Crippen LogP contribution in [0.1, 0.15) is 23.2 Å². The van der Waals surface area contributed by atoms with Crippen molar-refractivity contribution in [3.05, 3.63) is 22.7 Å². The number of benzene rings is 1. The number of rotatable bonds is 6. The van der Waals surface area contributed by atoms with Crippen molar-refractivity contribution >= 4 is 29.0 Å². The van der Waals surface area contributed by atoms with Crippen molar-refractivity contribution < 1.29 is 14.3 Å². The third-order valence-corrected chi connectivity index (χ3v) is 2.87. The van der Waals surface area contributed by atoms with E-state index in [1.165, 1.54) is 14.2 Å². The molecule has 17 heavy (non-hydrogen) atoms. The molecule has 0 saturated carbocycles. The maximum Gasteiger partial charge on any atom is 0.166 e. The van der Waals surface area contributed by atoms with E-state index in [4.69, 9.17) is 32.7 Å². The number of carbonyl (C=O) groups is 1. The molecule has 0 radical (unpaired) electrons. The molecule has 0 bridgehead atoms. The Morgan fingerprint density at radius 2 is 1.88 bits per heavy atom. The van der Waals surface area contributed by atoms with Crippen LogP contribution in [0.3, 0.4) is 0 Å². The lowest BCUT2D eigenvalue weighted by Gasteiger charge is -2.11. The molecule has 0 fully saturated rings. The van der Waals surface area contributed by atoms with Gasteiger partial charge in [0.1, 0.15) is 11.5 Å². The molecule has 0 heterocycles. The summed E-state index contributed by atoms with van der Waals surface area (Å²) in [4.78, 5) is 11.9. The molecule has 3 nitrogen and oxygen atoms in total. The summed E-state index contributed by atoms with van der Waals surface area (Å²) in [5.41, 5.74) is 0.471. The van der Waals surface area contributed by atoms with E-state index in [0.29, 0.717) is 40.8 Å². The summed E-state index contributed by atoms with van der Waals surface area (Å²) >= 11 is 11.5. The third-order valence-electron chi connectivity index (χ3n) is 2.31. The number of ether oxygens (including phenoxy) is 2. The van der Waals surface area contributed by atoms with E-state index in [1.807, 2.05) is 0 Å². The number of hydrogen-bond donors (Lipinski definition) is 0. The monoisotopic (exact) mass is 276 g/mol. The van der Waals surface area contributed by atoms with Crippen molar-refractivity contribution in [3.63, 3.8) is 0 Å². The van der Waals surface area contributed by atoms with Gasteiger partial charge >= 0.3 is 0 Å². The third kappa shape index (κ3) is 3.51. The number of methoxy groups -OCH3 is 2. The predicted molar refractivity (Wildman–Crippen MR) is 68.8 cm³/mol. The molecule has 0 amide bonds. The second-order valence-corrected chi connectivity index (χ2v) is 4.19. The zero-order valence-electron chi connectivity index (χ0n) is 9.76.